The normalized spacial score (nSPS) is 10.5. The maximum atomic E-state index is 4.61. The van der Waals surface area contributed by atoms with E-state index in [0.29, 0.717) is 5.95 Å². The van der Waals surface area contributed by atoms with Crippen LogP contribution >= 0.6 is 0 Å². The minimum atomic E-state index is 0.631. The zero-order valence-electron chi connectivity index (χ0n) is 14.3. The lowest BCUT2D eigenvalue weighted by Gasteiger charge is -2.13. The van der Waals surface area contributed by atoms with Crippen molar-refractivity contribution in [2.45, 2.75) is 20.8 Å². The topological polar surface area (TPSA) is 49.8 Å². The SMILES string of the molecule is CCNc1nc(Nc2cc(C)ccc2C)cc(-c2ccccc2)n1. The van der Waals surface area contributed by atoms with Gasteiger partial charge in [0.25, 0.3) is 0 Å². The van der Waals surface area contributed by atoms with Gasteiger partial charge in [-0.05, 0) is 38.0 Å². The van der Waals surface area contributed by atoms with E-state index in [1.165, 1.54) is 11.1 Å². The first-order valence-corrected chi connectivity index (χ1v) is 8.18. The Morgan fingerprint density at radius 3 is 2.46 bits per heavy atom. The van der Waals surface area contributed by atoms with E-state index in [0.717, 1.165) is 29.3 Å². The predicted molar refractivity (Wildman–Crippen MR) is 101 cm³/mol. The number of aryl methyl sites for hydroxylation is 2. The summed E-state index contributed by atoms with van der Waals surface area (Å²) < 4.78 is 0. The Hall–Kier alpha value is -2.88. The molecule has 0 atom stereocenters. The van der Waals surface area contributed by atoms with Crippen molar-refractivity contribution in [1.82, 2.24) is 9.97 Å². The molecule has 3 aromatic rings. The summed E-state index contributed by atoms with van der Waals surface area (Å²) in [5.41, 5.74) is 5.44. The van der Waals surface area contributed by atoms with Crippen LogP contribution in [0.25, 0.3) is 11.3 Å². The second-order valence-electron chi connectivity index (χ2n) is 5.80. The standard InChI is InChI=1S/C20H22N4/c1-4-21-20-23-18(16-8-6-5-7-9-16)13-19(24-20)22-17-12-14(2)10-11-15(17)3/h5-13H,4H2,1-3H3,(H2,21,22,23,24). The van der Waals surface area contributed by atoms with Gasteiger partial charge in [-0.25, -0.2) is 4.98 Å². The molecule has 0 radical (unpaired) electrons. The third kappa shape index (κ3) is 3.71. The van der Waals surface area contributed by atoms with Crippen molar-refractivity contribution in [1.29, 1.82) is 0 Å². The Kier molecular flexibility index (Phi) is 4.75. The van der Waals surface area contributed by atoms with E-state index in [1.807, 2.05) is 31.2 Å². The molecule has 2 aromatic carbocycles. The molecule has 4 heteroatoms. The van der Waals surface area contributed by atoms with Gasteiger partial charge in [0, 0.05) is 23.9 Å². The van der Waals surface area contributed by atoms with Gasteiger partial charge in [0.1, 0.15) is 5.82 Å². The van der Waals surface area contributed by atoms with Crippen LogP contribution in [0.5, 0.6) is 0 Å². The van der Waals surface area contributed by atoms with Gasteiger partial charge in [0.05, 0.1) is 5.69 Å². The molecular weight excluding hydrogens is 296 g/mol. The molecule has 0 amide bonds. The average molecular weight is 318 g/mol. The fourth-order valence-electron chi connectivity index (χ4n) is 2.51. The minimum absolute atomic E-state index is 0.631. The lowest BCUT2D eigenvalue weighted by atomic mass is 10.1. The fourth-order valence-corrected chi connectivity index (χ4v) is 2.51. The van der Waals surface area contributed by atoms with Crippen LogP contribution in [0.1, 0.15) is 18.1 Å². The van der Waals surface area contributed by atoms with E-state index in [2.05, 4.69) is 64.8 Å². The Labute approximate surface area is 143 Å². The maximum Gasteiger partial charge on any atom is 0.225 e. The number of anilines is 3. The summed E-state index contributed by atoms with van der Waals surface area (Å²) in [5.74, 6) is 1.42. The molecule has 1 aromatic heterocycles. The first kappa shape index (κ1) is 16.0. The second kappa shape index (κ2) is 7.13. The first-order valence-electron chi connectivity index (χ1n) is 8.18. The van der Waals surface area contributed by atoms with E-state index in [9.17, 15) is 0 Å². The molecule has 0 saturated carbocycles. The summed E-state index contributed by atoms with van der Waals surface area (Å²) in [7, 11) is 0. The predicted octanol–water partition coefficient (Wildman–Crippen LogP) is 4.94. The molecule has 2 N–H and O–H groups in total. The highest BCUT2D eigenvalue weighted by atomic mass is 15.1. The van der Waals surface area contributed by atoms with Gasteiger partial charge in [-0.3, -0.25) is 0 Å². The van der Waals surface area contributed by atoms with Gasteiger partial charge in [-0.1, -0.05) is 42.5 Å². The van der Waals surface area contributed by atoms with Crippen LogP contribution in [-0.2, 0) is 0 Å². The summed E-state index contributed by atoms with van der Waals surface area (Å²) >= 11 is 0. The maximum absolute atomic E-state index is 4.61. The molecule has 0 aliphatic heterocycles. The zero-order valence-corrected chi connectivity index (χ0v) is 14.3. The molecule has 0 spiro atoms. The summed E-state index contributed by atoms with van der Waals surface area (Å²) in [6.07, 6.45) is 0. The van der Waals surface area contributed by atoms with E-state index >= 15 is 0 Å². The van der Waals surface area contributed by atoms with Crippen molar-refractivity contribution in [3.05, 3.63) is 65.7 Å². The van der Waals surface area contributed by atoms with Crippen molar-refractivity contribution in [3.63, 3.8) is 0 Å². The number of aromatic nitrogens is 2. The summed E-state index contributed by atoms with van der Waals surface area (Å²) in [6.45, 7) is 6.99. The largest absolute Gasteiger partial charge is 0.354 e. The van der Waals surface area contributed by atoms with E-state index in [1.54, 1.807) is 0 Å². The molecule has 24 heavy (non-hydrogen) atoms. The van der Waals surface area contributed by atoms with Crippen molar-refractivity contribution in [2.24, 2.45) is 0 Å². The van der Waals surface area contributed by atoms with Crippen molar-refractivity contribution < 1.29 is 0 Å². The third-order valence-electron chi connectivity index (χ3n) is 3.79. The molecule has 0 fully saturated rings. The van der Waals surface area contributed by atoms with Crippen LogP contribution in [0, 0.1) is 13.8 Å². The van der Waals surface area contributed by atoms with Crippen LogP contribution < -0.4 is 10.6 Å². The summed E-state index contributed by atoms with van der Waals surface area (Å²) in [4.78, 5) is 9.19. The van der Waals surface area contributed by atoms with Crippen LogP contribution in [0.2, 0.25) is 0 Å². The van der Waals surface area contributed by atoms with Crippen molar-refractivity contribution >= 4 is 17.5 Å². The van der Waals surface area contributed by atoms with Gasteiger partial charge in [0.2, 0.25) is 5.95 Å². The monoisotopic (exact) mass is 318 g/mol. The number of nitrogens with one attached hydrogen (secondary N) is 2. The van der Waals surface area contributed by atoms with Crippen LogP contribution in [0.4, 0.5) is 17.5 Å². The van der Waals surface area contributed by atoms with Crippen molar-refractivity contribution in [3.8, 4) is 11.3 Å². The Bertz CT molecular complexity index is 828. The lowest BCUT2D eigenvalue weighted by Crippen LogP contribution is -2.05. The molecule has 0 unspecified atom stereocenters. The van der Waals surface area contributed by atoms with Crippen LogP contribution in [0.15, 0.2) is 54.6 Å². The molecule has 4 nitrogen and oxygen atoms in total. The quantitative estimate of drug-likeness (QED) is 0.700. The summed E-state index contributed by atoms with van der Waals surface area (Å²) in [6, 6.07) is 18.5. The smallest absolute Gasteiger partial charge is 0.225 e. The van der Waals surface area contributed by atoms with Gasteiger partial charge in [0.15, 0.2) is 0 Å². The average Bonchev–Trinajstić information content (AvgIpc) is 2.59. The highest BCUT2D eigenvalue weighted by molar-refractivity contribution is 5.68. The number of nitrogens with zero attached hydrogens (tertiary/aromatic N) is 2. The molecule has 0 aliphatic carbocycles. The highest BCUT2D eigenvalue weighted by Gasteiger charge is 2.08. The Morgan fingerprint density at radius 2 is 1.71 bits per heavy atom. The first-order chi connectivity index (χ1) is 11.7. The van der Waals surface area contributed by atoms with Gasteiger partial charge in [-0.15, -0.1) is 0 Å². The Morgan fingerprint density at radius 1 is 0.917 bits per heavy atom. The molecule has 3 rings (SSSR count). The van der Waals surface area contributed by atoms with Gasteiger partial charge >= 0.3 is 0 Å². The van der Waals surface area contributed by atoms with E-state index in [4.69, 9.17) is 0 Å². The van der Waals surface area contributed by atoms with E-state index in [-0.39, 0.29) is 0 Å². The number of hydrogen-bond acceptors (Lipinski definition) is 4. The number of rotatable bonds is 5. The Balaban J connectivity index is 2.00. The summed E-state index contributed by atoms with van der Waals surface area (Å²) in [5, 5.41) is 6.64. The molecule has 0 bridgehead atoms. The zero-order chi connectivity index (χ0) is 16.9. The number of hydrogen-bond donors (Lipinski definition) is 2. The van der Waals surface area contributed by atoms with Gasteiger partial charge in [-0.2, -0.15) is 4.98 Å². The van der Waals surface area contributed by atoms with Crippen molar-refractivity contribution in [2.75, 3.05) is 17.2 Å². The fraction of sp³-hybridized carbons (Fsp3) is 0.200. The second-order valence-corrected chi connectivity index (χ2v) is 5.80. The molecular formula is C20H22N4. The van der Waals surface area contributed by atoms with Gasteiger partial charge < -0.3 is 10.6 Å². The van der Waals surface area contributed by atoms with Crippen LogP contribution in [-0.4, -0.2) is 16.5 Å². The third-order valence-corrected chi connectivity index (χ3v) is 3.79. The number of benzene rings is 2. The molecule has 1 heterocycles. The van der Waals surface area contributed by atoms with Crippen LogP contribution in [0.3, 0.4) is 0 Å². The molecule has 0 saturated heterocycles. The molecule has 122 valence electrons. The minimum Gasteiger partial charge on any atom is -0.354 e. The molecule has 0 aliphatic rings. The highest BCUT2D eigenvalue weighted by Crippen LogP contribution is 2.25. The lowest BCUT2D eigenvalue weighted by molar-refractivity contribution is 1.09. The van der Waals surface area contributed by atoms with E-state index < -0.39 is 0 Å².